The Labute approximate surface area is 87.3 Å². The highest BCUT2D eigenvalue weighted by Crippen LogP contribution is 2.21. The van der Waals surface area contributed by atoms with E-state index < -0.39 is 11.8 Å². The van der Waals surface area contributed by atoms with Crippen LogP contribution < -0.4 is 5.73 Å². The Kier molecular flexibility index (Phi) is 3.24. The van der Waals surface area contributed by atoms with Crippen LogP contribution in [0.2, 0.25) is 0 Å². The second-order valence-electron chi connectivity index (χ2n) is 3.10. The number of hydrogen-bond acceptors (Lipinski definition) is 4. The van der Waals surface area contributed by atoms with Gasteiger partial charge in [-0.3, -0.25) is 0 Å². The molecule has 0 unspecified atom stereocenters. The second-order valence-corrected chi connectivity index (χ2v) is 3.10. The van der Waals surface area contributed by atoms with Crippen molar-refractivity contribution in [2.75, 3.05) is 12.8 Å². The fourth-order valence-electron chi connectivity index (χ4n) is 1.25. The van der Waals surface area contributed by atoms with E-state index in [1.54, 1.807) is 6.92 Å². The minimum absolute atomic E-state index is 0.0396. The van der Waals surface area contributed by atoms with Gasteiger partial charge in [-0.1, -0.05) is 6.92 Å². The summed E-state index contributed by atoms with van der Waals surface area (Å²) in [5.41, 5.74) is 6.06. The fourth-order valence-corrected chi connectivity index (χ4v) is 1.25. The number of methoxy groups -OCH3 is 1. The first-order valence-electron chi connectivity index (χ1n) is 4.55. The van der Waals surface area contributed by atoms with Crippen LogP contribution in [0.3, 0.4) is 0 Å². The highest BCUT2D eigenvalue weighted by Gasteiger charge is 2.19. The van der Waals surface area contributed by atoms with Crippen LogP contribution in [0.25, 0.3) is 0 Å². The average molecular weight is 212 g/mol. The Hall–Kier alpha value is -1.65. The summed E-state index contributed by atoms with van der Waals surface area (Å²) in [6, 6.07) is 0. The van der Waals surface area contributed by atoms with Crippen molar-refractivity contribution in [3.63, 3.8) is 0 Å². The van der Waals surface area contributed by atoms with Crippen molar-refractivity contribution in [3.05, 3.63) is 22.8 Å². The largest absolute Gasteiger partial charge is 0.464 e. The van der Waals surface area contributed by atoms with Crippen molar-refractivity contribution < 1.29 is 13.9 Å². The van der Waals surface area contributed by atoms with Gasteiger partial charge in [0.2, 0.25) is 0 Å². The Morgan fingerprint density at radius 3 is 2.67 bits per heavy atom. The summed E-state index contributed by atoms with van der Waals surface area (Å²) in [5.74, 6) is -1.16. The first-order chi connectivity index (χ1) is 7.02. The molecule has 0 saturated carbocycles. The molecule has 0 aliphatic carbocycles. The normalized spacial score (nSPS) is 10.1. The van der Waals surface area contributed by atoms with E-state index in [4.69, 9.17) is 5.73 Å². The lowest BCUT2D eigenvalue weighted by Crippen LogP contribution is -2.13. The number of hydrogen-bond donors (Lipinski definition) is 1. The van der Waals surface area contributed by atoms with Gasteiger partial charge in [0.15, 0.2) is 11.5 Å². The Bertz CT molecular complexity index is 405. The number of anilines is 1. The van der Waals surface area contributed by atoms with Gasteiger partial charge in [0.25, 0.3) is 0 Å². The van der Waals surface area contributed by atoms with Crippen molar-refractivity contribution >= 4 is 11.7 Å². The first-order valence-corrected chi connectivity index (χ1v) is 4.55. The molecule has 82 valence electrons. The van der Waals surface area contributed by atoms with Crippen LogP contribution in [0.4, 0.5) is 10.1 Å². The predicted octanol–water partition coefficient (Wildman–Crippen LogP) is 1.46. The molecule has 2 N–H and O–H groups in total. The monoisotopic (exact) mass is 212 g/mol. The van der Waals surface area contributed by atoms with Crippen LogP contribution in [-0.2, 0) is 11.2 Å². The fraction of sp³-hybridized carbons (Fsp3) is 0.400. The number of ether oxygens (including phenoxy) is 1. The molecule has 0 fully saturated rings. The van der Waals surface area contributed by atoms with Gasteiger partial charge >= 0.3 is 5.97 Å². The lowest BCUT2D eigenvalue weighted by molar-refractivity contribution is 0.0592. The molecule has 1 aromatic heterocycles. The number of halogens is 1. The number of aryl methyl sites for hydroxylation is 1. The standard InChI is InChI=1S/C10H13FN2O2/c1-4-6-7(11)8(12)5(2)9(13-6)10(14)15-3/h4H2,1-3H3,(H2,12,13). The summed E-state index contributed by atoms with van der Waals surface area (Å²) < 4.78 is 18.0. The molecule has 15 heavy (non-hydrogen) atoms. The number of aromatic nitrogens is 1. The van der Waals surface area contributed by atoms with Crippen LogP contribution in [0.5, 0.6) is 0 Å². The molecule has 0 atom stereocenters. The van der Waals surface area contributed by atoms with Crippen molar-refractivity contribution in [2.45, 2.75) is 20.3 Å². The molecule has 0 saturated heterocycles. The van der Waals surface area contributed by atoms with E-state index >= 15 is 0 Å². The smallest absolute Gasteiger partial charge is 0.357 e. The lowest BCUT2D eigenvalue weighted by Gasteiger charge is -2.09. The molecule has 1 aromatic rings. The number of carbonyl (C=O) groups is 1. The number of nitrogens with zero attached hydrogens (tertiary/aromatic N) is 1. The van der Waals surface area contributed by atoms with Crippen molar-refractivity contribution in [3.8, 4) is 0 Å². The third kappa shape index (κ3) is 1.91. The SMILES string of the molecule is CCc1nc(C(=O)OC)c(C)c(N)c1F. The Morgan fingerprint density at radius 1 is 1.60 bits per heavy atom. The summed E-state index contributed by atoms with van der Waals surface area (Å²) in [6.45, 7) is 3.28. The van der Waals surface area contributed by atoms with Gasteiger partial charge in [0.05, 0.1) is 18.5 Å². The zero-order valence-corrected chi connectivity index (χ0v) is 8.93. The molecule has 1 rings (SSSR count). The van der Waals surface area contributed by atoms with Crippen LogP contribution in [0, 0.1) is 12.7 Å². The zero-order chi connectivity index (χ0) is 11.6. The van der Waals surface area contributed by atoms with Gasteiger partial charge in [-0.15, -0.1) is 0 Å². The van der Waals surface area contributed by atoms with Crippen LogP contribution in [0.15, 0.2) is 0 Å². The molecule has 0 aromatic carbocycles. The minimum Gasteiger partial charge on any atom is -0.464 e. The molecule has 0 aliphatic rings. The molecule has 0 radical (unpaired) electrons. The number of rotatable bonds is 2. The summed E-state index contributed by atoms with van der Waals surface area (Å²) in [7, 11) is 1.24. The average Bonchev–Trinajstić information content (AvgIpc) is 2.25. The maximum absolute atomic E-state index is 13.5. The number of nitrogen functional groups attached to an aromatic ring is 1. The van der Waals surface area contributed by atoms with Gasteiger partial charge < -0.3 is 10.5 Å². The van der Waals surface area contributed by atoms with E-state index in [0.29, 0.717) is 12.0 Å². The predicted molar refractivity (Wildman–Crippen MR) is 54.1 cm³/mol. The van der Waals surface area contributed by atoms with Crippen LogP contribution >= 0.6 is 0 Å². The highest BCUT2D eigenvalue weighted by molar-refractivity contribution is 5.90. The van der Waals surface area contributed by atoms with Gasteiger partial charge in [-0.25, -0.2) is 14.2 Å². The summed E-state index contributed by atoms with van der Waals surface area (Å²) in [4.78, 5) is 15.2. The maximum atomic E-state index is 13.5. The molecule has 1 heterocycles. The number of esters is 1. The molecule has 0 bridgehead atoms. The van der Waals surface area contributed by atoms with Gasteiger partial charge in [-0.2, -0.15) is 0 Å². The van der Waals surface area contributed by atoms with E-state index in [1.807, 2.05) is 0 Å². The molecule has 5 heteroatoms. The Morgan fingerprint density at radius 2 is 2.20 bits per heavy atom. The maximum Gasteiger partial charge on any atom is 0.357 e. The van der Waals surface area contributed by atoms with Gasteiger partial charge in [0, 0.05) is 5.56 Å². The molecule has 4 nitrogen and oxygen atoms in total. The molecular weight excluding hydrogens is 199 g/mol. The second kappa shape index (κ2) is 4.25. The molecule has 0 spiro atoms. The summed E-state index contributed by atoms with van der Waals surface area (Å²) in [5, 5.41) is 0. The molecule has 0 aliphatic heterocycles. The first kappa shape index (κ1) is 11.4. The van der Waals surface area contributed by atoms with E-state index in [1.165, 1.54) is 14.0 Å². The molecular formula is C10H13FN2O2. The lowest BCUT2D eigenvalue weighted by atomic mass is 10.1. The Balaban J connectivity index is 3.41. The highest BCUT2D eigenvalue weighted by atomic mass is 19.1. The van der Waals surface area contributed by atoms with E-state index in [0.717, 1.165) is 0 Å². The van der Waals surface area contributed by atoms with Crippen LogP contribution in [-0.4, -0.2) is 18.1 Å². The number of nitrogens with two attached hydrogens (primary N) is 1. The van der Waals surface area contributed by atoms with Gasteiger partial charge in [-0.05, 0) is 13.3 Å². The van der Waals surface area contributed by atoms with E-state index in [-0.39, 0.29) is 17.1 Å². The van der Waals surface area contributed by atoms with Crippen LogP contribution in [0.1, 0.15) is 28.7 Å². The number of carbonyl (C=O) groups excluding carboxylic acids is 1. The molecule has 0 amide bonds. The quantitative estimate of drug-likeness (QED) is 0.754. The minimum atomic E-state index is -0.603. The summed E-state index contributed by atoms with van der Waals surface area (Å²) in [6.07, 6.45) is 0.375. The third-order valence-corrected chi connectivity index (χ3v) is 2.21. The zero-order valence-electron chi connectivity index (χ0n) is 8.93. The van der Waals surface area contributed by atoms with E-state index in [9.17, 15) is 9.18 Å². The van der Waals surface area contributed by atoms with Crippen molar-refractivity contribution in [1.82, 2.24) is 4.98 Å². The van der Waals surface area contributed by atoms with E-state index in [2.05, 4.69) is 9.72 Å². The topological polar surface area (TPSA) is 65.2 Å². The summed E-state index contributed by atoms with van der Waals surface area (Å²) >= 11 is 0. The third-order valence-electron chi connectivity index (χ3n) is 2.21. The van der Waals surface area contributed by atoms with Gasteiger partial charge in [0.1, 0.15) is 0 Å². The van der Waals surface area contributed by atoms with Crippen molar-refractivity contribution in [1.29, 1.82) is 0 Å². The number of pyridine rings is 1. The van der Waals surface area contributed by atoms with Crippen molar-refractivity contribution in [2.24, 2.45) is 0 Å².